The van der Waals surface area contributed by atoms with Crippen molar-refractivity contribution in [3.63, 3.8) is 0 Å². The van der Waals surface area contributed by atoms with Crippen LogP contribution in [0.2, 0.25) is 0 Å². The van der Waals surface area contributed by atoms with Crippen molar-refractivity contribution >= 4 is 39.5 Å². The lowest BCUT2D eigenvalue weighted by molar-refractivity contribution is 0.476. The Bertz CT molecular complexity index is 646. The summed E-state index contributed by atoms with van der Waals surface area (Å²) in [6.07, 6.45) is 0.741. The first-order chi connectivity index (χ1) is 10.7. The molecule has 0 bridgehead atoms. The summed E-state index contributed by atoms with van der Waals surface area (Å²) >= 11 is 2.49. The summed E-state index contributed by atoms with van der Waals surface area (Å²) in [6, 6.07) is 3.47. The van der Waals surface area contributed by atoms with E-state index in [0.717, 1.165) is 46.5 Å². The average molecular weight is 338 g/mol. The molecule has 0 unspecified atom stereocenters. The third-order valence-electron chi connectivity index (χ3n) is 3.08. The van der Waals surface area contributed by atoms with E-state index >= 15 is 0 Å². The van der Waals surface area contributed by atoms with E-state index in [1.807, 2.05) is 11.4 Å². The van der Waals surface area contributed by atoms with Crippen LogP contribution in [0.3, 0.4) is 0 Å². The number of anilines is 2. The van der Waals surface area contributed by atoms with Gasteiger partial charge in [0.05, 0.1) is 11.4 Å². The molecule has 0 amide bonds. The van der Waals surface area contributed by atoms with Gasteiger partial charge in [-0.15, -0.1) is 11.3 Å². The van der Waals surface area contributed by atoms with E-state index in [1.54, 1.807) is 13.1 Å². The van der Waals surface area contributed by atoms with Crippen molar-refractivity contribution in [2.45, 2.75) is 17.9 Å². The number of thiazole rings is 1. The lowest BCUT2D eigenvalue weighted by Crippen LogP contribution is -2.17. The monoisotopic (exact) mass is 338 g/mol. The van der Waals surface area contributed by atoms with Gasteiger partial charge in [-0.2, -0.15) is 0 Å². The van der Waals surface area contributed by atoms with Crippen LogP contribution in [0.5, 0.6) is 5.75 Å². The van der Waals surface area contributed by atoms with Crippen molar-refractivity contribution in [3.8, 4) is 5.75 Å². The quantitative estimate of drug-likeness (QED) is 0.253. The Morgan fingerprint density at radius 1 is 1.50 bits per heavy atom. The highest BCUT2D eigenvalue weighted by molar-refractivity contribution is 8.12. The van der Waals surface area contributed by atoms with Crippen LogP contribution in [0.4, 0.5) is 10.8 Å². The first-order valence-corrected chi connectivity index (χ1v) is 8.45. The minimum Gasteiger partial charge on any atom is -0.506 e. The van der Waals surface area contributed by atoms with Crippen LogP contribution in [-0.2, 0) is 17.8 Å². The lowest BCUT2D eigenvalue weighted by Gasteiger charge is -2.14. The molecule has 2 aromatic rings. The van der Waals surface area contributed by atoms with Gasteiger partial charge in [-0.05, 0) is 24.6 Å². The van der Waals surface area contributed by atoms with Crippen molar-refractivity contribution in [2.75, 3.05) is 24.6 Å². The molecule has 0 aliphatic rings. The summed E-state index contributed by atoms with van der Waals surface area (Å²) in [5, 5.41) is 18.6. The molecule has 0 atom stereocenters. The summed E-state index contributed by atoms with van der Waals surface area (Å²) in [6.45, 7) is 1.39. The van der Waals surface area contributed by atoms with Gasteiger partial charge in [0.2, 0.25) is 0 Å². The number of phenols is 1. The van der Waals surface area contributed by atoms with Crippen molar-refractivity contribution in [1.29, 1.82) is 0 Å². The van der Waals surface area contributed by atoms with Gasteiger partial charge >= 0.3 is 0 Å². The van der Waals surface area contributed by atoms with Gasteiger partial charge < -0.3 is 21.5 Å². The topological polar surface area (TPSA) is 100 Å². The summed E-state index contributed by atoms with van der Waals surface area (Å²) in [7, 11) is 1.72. The number of hydrogen-bond donors (Lipinski definition) is 4. The van der Waals surface area contributed by atoms with Gasteiger partial charge in [-0.1, -0.05) is 17.8 Å². The van der Waals surface area contributed by atoms with E-state index in [0.29, 0.717) is 17.4 Å². The molecule has 5 N–H and O–H groups in total. The summed E-state index contributed by atoms with van der Waals surface area (Å²) in [5.74, 6) is 0.140. The number of rotatable bonds is 8. The molecule has 0 radical (unpaired) electrons. The Morgan fingerprint density at radius 3 is 2.95 bits per heavy atom. The van der Waals surface area contributed by atoms with Crippen LogP contribution in [0.15, 0.2) is 22.4 Å². The van der Waals surface area contributed by atoms with Gasteiger partial charge in [0.1, 0.15) is 5.75 Å². The fourth-order valence-corrected chi connectivity index (χ4v) is 3.38. The third kappa shape index (κ3) is 4.12. The first-order valence-electron chi connectivity index (χ1n) is 6.69. The summed E-state index contributed by atoms with van der Waals surface area (Å²) < 4.78 is 0. The fourth-order valence-electron chi connectivity index (χ4n) is 2.08. The zero-order chi connectivity index (χ0) is 15.9. The molecule has 0 aliphatic carbocycles. The molecular formula is C14H18N4O2S2. The van der Waals surface area contributed by atoms with Crippen molar-refractivity contribution in [2.24, 2.45) is 0 Å². The Kier molecular flexibility index (Phi) is 6.05. The lowest BCUT2D eigenvalue weighted by atomic mass is 10.1. The standard InChI is InChI=1S/C14H18N4O2S2/c1-16-12-11(20)3-2-9(13(12)22-8-19)4-5-17-6-10-7-21-14(15)18-10/h2-3,7-8,16-17,20H,4-6H2,1H3,(H2,15,18). The second-order valence-corrected chi connectivity index (χ2v) is 6.24. The second kappa shape index (κ2) is 8.02. The maximum absolute atomic E-state index is 10.8. The second-order valence-electron chi connectivity index (χ2n) is 4.52. The molecule has 1 aromatic heterocycles. The minimum atomic E-state index is 0.140. The van der Waals surface area contributed by atoms with Crippen LogP contribution in [0, 0.1) is 0 Å². The molecule has 0 saturated carbocycles. The number of nitrogens with one attached hydrogen (secondary N) is 2. The maximum Gasteiger partial charge on any atom is 0.181 e. The van der Waals surface area contributed by atoms with Crippen LogP contribution >= 0.6 is 23.1 Å². The molecule has 6 nitrogen and oxygen atoms in total. The highest BCUT2D eigenvalue weighted by atomic mass is 32.2. The molecule has 0 spiro atoms. The van der Waals surface area contributed by atoms with Crippen LogP contribution in [-0.4, -0.2) is 29.3 Å². The van der Waals surface area contributed by atoms with Crippen molar-refractivity contribution in [3.05, 3.63) is 28.8 Å². The van der Waals surface area contributed by atoms with Crippen molar-refractivity contribution < 1.29 is 9.90 Å². The number of benzene rings is 1. The molecule has 1 aromatic carbocycles. The van der Waals surface area contributed by atoms with Gasteiger partial charge in [0, 0.05) is 23.9 Å². The Morgan fingerprint density at radius 2 is 2.32 bits per heavy atom. The number of nitrogen functional groups attached to an aromatic ring is 1. The molecule has 0 saturated heterocycles. The van der Waals surface area contributed by atoms with E-state index in [9.17, 15) is 9.90 Å². The van der Waals surface area contributed by atoms with E-state index in [-0.39, 0.29) is 5.75 Å². The highest BCUT2D eigenvalue weighted by Crippen LogP contribution is 2.36. The first kappa shape index (κ1) is 16.6. The number of carbonyl (C=O) groups is 1. The number of aromatic nitrogens is 1. The number of carbonyl (C=O) groups excluding carboxylic acids is 1. The molecule has 0 fully saturated rings. The van der Waals surface area contributed by atoms with Gasteiger partial charge in [-0.25, -0.2) is 4.98 Å². The predicted molar refractivity (Wildman–Crippen MR) is 92.2 cm³/mol. The third-order valence-corrected chi connectivity index (χ3v) is 4.60. The van der Waals surface area contributed by atoms with E-state index in [1.165, 1.54) is 11.3 Å². The van der Waals surface area contributed by atoms with Crippen LogP contribution < -0.4 is 16.4 Å². The number of nitrogens with two attached hydrogens (primary N) is 1. The SMILES string of the molecule is CNc1c(O)ccc(CCNCc2csc(N)n2)c1SC=O. The normalized spacial score (nSPS) is 10.6. The molecular weight excluding hydrogens is 320 g/mol. The van der Waals surface area contributed by atoms with Crippen LogP contribution in [0.25, 0.3) is 0 Å². The molecule has 118 valence electrons. The highest BCUT2D eigenvalue weighted by Gasteiger charge is 2.12. The molecule has 0 aliphatic heterocycles. The predicted octanol–water partition coefficient (Wildman–Crippen LogP) is 2.09. The van der Waals surface area contributed by atoms with Crippen LogP contribution in [0.1, 0.15) is 11.3 Å². The van der Waals surface area contributed by atoms with Gasteiger partial charge in [-0.3, -0.25) is 4.79 Å². The summed E-state index contributed by atoms with van der Waals surface area (Å²) in [5.41, 5.74) is 8.87. The number of phenolic OH excluding ortho intramolecular Hbond substituents is 1. The largest absolute Gasteiger partial charge is 0.506 e. The Hall–Kier alpha value is -1.77. The zero-order valence-corrected chi connectivity index (χ0v) is 13.8. The number of thioether (sulfide) groups is 1. The average Bonchev–Trinajstić information content (AvgIpc) is 2.91. The minimum absolute atomic E-state index is 0.140. The summed E-state index contributed by atoms with van der Waals surface area (Å²) in [4.78, 5) is 15.8. The van der Waals surface area contributed by atoms with E-state index < -0.39 is 0 Å². The fraction of sp³-hybridized carbons (Fsp3) is 0.286. The maximum atomic E-state index is 10.8. The Balaban J connectivity index is 1.98. The van der Waals surface area contributed by atoms with E-state index in [4.69, 9.17) is 5.73 Å². The molecule has 1 heterocycles. The number of aromatic hydroxyl groups is 1. The number of nitrogens with zero attached hydrogens (tertiary/aromatic N) is 1. The zero-order valence-electron chi connectivity index (χ0n) is 12.1. The molecule has 8 heteroatoms. The molecule has 2 rings (SSSR count). The Labute approximate surface area is 137 Å². The van der Waals surface area contributed by atoms with Gasteiger partial charge in [0.25, 0.3) is 0 Å². The van der Waals surface area contributed by atoms with E-state index in [2.05, 4.69) is 15.6 Å². The smallest absolute Gasteiger partial charge is 0.181 e. The van der Waals surface area contributed by atoms with Crippen molar-refractivity contribution in [1.82, 2.24) is 10.3 Å². The van der Waals surface area contributed by atoms with Gasteiger partial charge in [0.15, 0.2) is 10.7 Å². The number of hydrogen-bond acceptors (Lipinski definition) is 8. The molecule has 22 heavy (non-hydrogen) atoms.